The first-order valence-corrected chi connectivity index (χ1v) is 9.02. The first-order valence-electron chi connectivity index (χ1n) is 9.02. The average Bonchev–Trinajstić information content (AvgIpc) is 2.89. The number of carbonyl (C=O) groups excluding carboxylic acids is 1. The first-order chi connectivity index (χ1) is 11.5. The Balaban J connectivity index is 2.42. The molecular formula is C20H30O4. The third kappa shape index (κ3) is 8.25. The molecule has 0 fully saturated rings. The van der Waals surface area contributed by atoms with Crippen molar-refractivity contribution in [2.24, 2.45) is 0 Å². The topological polar surface area (TPSA) is 74.6 Å². The lowest BCUT2D eigenvalue weighted by Gasteiger charge is -2.11. The number of carboxylic acid groups (broad SMARTS) is 1. The minimum Gasteiger partial charge on any atom is -0.478 e. The van der Waals surface area contributed by atoms with Gasteiger partial charge in [0.2, 0.25) is 0 Å². The van der Waals surface area contributed by atoms with Crippen molar-refractivity contribution >= 4 is 11.8 Å². The van der Waals surface area contributed by atoms with Crippen molar-refractivity contribution in [1.82, 2.24) is 0 Å². The minimum absolute atomic E-state index is 0.236. The molecule has 0 aromatic rings. The first kappa shape index (κ1) is 20.4. The fourth-order valence-electron chi connectivity index (χ4n) is 3.01. The third-order valence-electron chi connectivity index (χ3n) is 4.38. The molecule has 0 unspecified atom stereocenters. The standard InChI is InChI=1S/C20H30O4/c1-2-3-6-9-17(21)14-12-16-13-15-19(22)18(16)10-7-4-5-8-11-20(23)24/h4-5,8,11,17,21H,2-3,6-7,9-10,12-15H2,1H3,(H,23,24)/t17-/m0/s1. The summed E-state index contributed by atoms with van der Waals surface area (Å²) in [6.07, 6.45) is 14.6. The molecule has 2 N–H and O–H groups in total. The smallest absolute Gasteiger partial charge is 0.328 e. The van der Waals surface area contributed by atoms with Gasteiger partial charge < -0.3 is 10.2 Å². The Morgan fingerprint density at radius 2 is 1.96 bits per heavy atom. The van der Waals surface area contributed by atoms with E-state index in [1.54, 1.807) is 6.08 Å². The summed E-state index contributed by atoms with van der Waals surface area (Å²) in [5.74, 6) is -0.729. The van der Waals surface area contributed by atoms with E-state index in [0.29, 0.717) is 12.8 Å². The van der Waals surface area contributed by atoms with Gasteiger partial charge in [-0.1, -0.05) is 50.0 Å². The van der Waals surface area contributed by atoms with Crippen molar-refractivity contribution in [2.45, 2.75) is 77.2 Å². The molecule has 1 rings (SSSR count). The number of Topliss-reactive ketones (excluding diaryl/α,β-unsaturated/α-hetero) is 1. The SMILES string of the molecule is CCCCC[C@H](O)CCC1=C(CCC=CC=CC(=O)O)C(=O)CC1. The number of carbonyl (C=O) groups is 2. The number of carboxylic acids is 1. The van der Waals surface area contributed by atoms with E-state index in [2.05, 4.69) is 6.92 Å². The van der Waals surface area contributed by atoms with Crippen LogP contribution in [0.2, 0.25) is 0 Å². The van der Waals surface area contributed by atoms with E-state index in [0.717, 1.165) is 63.0 Å². The lowest BCUT2D eigenvalue weighted by molar-refractivity contribution is -0.131. The van der Waals surface area contributed by atoms with Gasteiger partial charge in [-0.2, -0.15) is 0 Å². The van der Waals surface area contributed by atoms with Crippen LogP contribution in [0, 0.1) is 0 Å². The Labute approximate surface area is 145 Å². The molecule has 0 spiro atoms. The number of aliphatic hydroxyl groups excluding tert-OH is 1. The molecule has 0 radical (unpaired) electrons. The molecule has 0 aromatic heterocycles. The summed E-state index contributed by atoms with van der Waals surface area (Å²) in [4.78, 5) is 22.4. The summed E-state index contributed by atoms with van der Waals surface area (Å²) in [6, 6.07) is 0. The molecule has 0 saturated heterocycles. The highest BCUT2D eigenvalue weighted by atomic mass is 16.4. The number of ketones is 1. The van der Waals surface area contributed by atoms with Gasteiger partial charge in [-0.15, -0.1) is 0 Å². The summed E-state index contributed by atoms with van der Waals surface area (Å²) in [6.45, 7) is 2.15. The lowest BCUT2D eigenvalue weighted by atomic mass is 9.98. The van der Waals surface area contributed by atoms with Crippen LogP contribution in [-0.4, -0.2) is 28.1 Å². The molecule has 0 saturated carbocycles. The van der Waals surface area contributed by atoms with Crippen LogP contribution in [0.5, 0.6) is 0 Å². The number of hydrogen-bond acceptors (Lipinski definition) is 3. The molecule has 1 aliphatic rings. The van der Waals surface area contributed by atoms with E-state index in [4.69, 9.17) is 5.11 Å². The number of unbranched alkanes of at least 4 members (excludes halogenated alkanes) is 2. The quantitative estimate of drug-likeness (QED) is 0.316. The summed E-state index contributed by atoms with van der Waals surface area (Å²) in [5, 5.41) is 18.5. The zero-order valence-electron chi connectivity index (χ0n) is 14.7. The summed E-state index contributed by atoms with van der Waals surface area (Å²) in [7, 11) is 0. The average molecular weight is 334 g/mol. The maximum atomic E-state index is 12.0. The van der Waals surface area contributed by atoms with Crippen LogP contribution < -0.4 is 0 Å². The Kier molecular flexibility index (Phi) is 10.0. The van der Waals surface area contributed by atoms with Crippen LogP contribution in [0.4, 0.5) is 0 Å². The second-order valence-electron chi connectivity index (χ2n) is 6.36. The van der Waals surface area contributed by atoms with E-state index in [9.17, 15) is 14.7 Å². The van der Waals surface area contributed by atoms with Crippen LogP contribution in [0.15, 0.2) is 35.5 Å². The van der Waals surface area contributed by atoms with Crippen LogP contribution >= 0.6 is 0 Å². The second-order valence-corrected chi connectivity index (χ2v) is 6.36. The monoisotopic (exact) mass is 334 g/mol. The van der Waals surface area contributed by atoms with Crippen molar-refractivity contribution in [3.05, 3.63) is 35.5 Å². The number of aliphatic hydroxyl groups is 1. The van der Waals surface area contributed by atoms with E-state index in [1.807, 2.05) is 6.08 Å². The van der Waals surface area contributed by atoms with Gasteiger partial charge in [0.15, 0.2) is 5.78 Å². The second kappa shape index (κ2) is 11.8. The number of hydrogen-bond donors (Lipinski definition) is 2. The number of rotatable bonds is 12. The van der Waals surface area contributed by atoms with Gasteiger partial charge in [0.1, 0.15) is 0 Å². The maximum absolute atomic E-state index is 12.0. The summed E-state index contributed by atoms with van der Waals surface area (Å²) in [5.41, 5.74) is 2.15. The van der Waals surface area contributed by atoms with Crippen molar-refractivity contribution < 1.29 is 19.8 Å². The molecular weight excluding hydrogens is 304 g/mol. The molecule has 1 atom stereocenters. The van der Waals surface area contributed by atoms with Crippen LogP contribution in [0.25, 0.3) is 0 Å². The lowest BCUT2D eigenvalue weighted by Crippen LogP contribution is -2.07. The van der Waals surface area contributed by atoms with Crippen LogP contribution in [-0.2, 0) is 9.59 Å². The van der Waals surface area contributed by atoms with E-state index in [-0.39, 0.29) is 11.9 Å². The van der Waals surface area contributed by atoms with Crippen LogP contribution in [0.3, 0.4) is 0 Å². The normalized spacial score (nSPS) is 16.7. The molecule has 0 bridgehead atoms. The molecule has 4 heteroatoms. The Hall–Kier alpha value is -1.68. The summed E-state index contributed by atoms with van der Waals surface area (Å²) >= 11 is 0. The molecule has 0 aromatic carbocycles. The van der Waals surface area contributed by atoms with E-state index in [1.165, 1.54) is 11.6 Å². The van der Waals surface area contributed by atoms with Crippen molar-refractivity contribution in [3.63, 3.8) is 0 Å². The Morgan fingerprint density at radius 1 is 1.17 bits per heavy atom. The fraction of sp³-hybridized carbons (Fsp3) is 0.600. The third-order valence-corrected chi connectivity index (χ3v) is 4.38. The van der Waals surface area contributed by atoms with Gasteiger partial charge in [-0.05, 0) is 44.1 Å². The van der Waals surface area contributed by atoms with Gasteiger partial charge in [0, 0.05) is 12.5 Å². The molecule has 1 aliphatic carbocycles. The zero-order chi connectivity index (χ0) is 17.8. The largest absolute Gasteiger partial charge is 0.478 e. The van der Waals surface area contributed by atoms with Gasteiger partial charge in [0.25, 0.3) is 0 Å². The fourth-order valence-corrected chi connectivity index (χ4v) is 3.01. The van der Waals surface area contributed by atoms with Crippen molar-refractivity contribution in [3.8, 4) is 0 Å². The highest BCUT2D eigenvalue weighted by molar-refractivity contribution is 5.98. The Morgan fingerprint density at radius 3 is 2.67 bits per heavy atom. The maximum Gasteiger partial charge on any atom is 0.328 e. The number of allylic oxidation sites excluding steroid dienone is 5. The van der Waals surface area contributed by atoms with Crippen molar-refractivity contribution in [1.29, 1.82) is 0 Å². The minimum atomic E-state index is -0.965. The highest BCUT2D eigenvalue weighted by Gasteiger charge is 2.22. The van der Waals surface area contributed by atoms with Gasteiger partial charge in [-0.25, -0.2) is 4.79 Å². The van der Waals surface area contributed by atoms with E-state index >= 15 is 0 Å². The molecule has 24 heavy (non-hydrogen) atoms. The molecule has 4 nitrogen and oxygen atoms in total. The number of aliphatic carboxylic acids is 1. The molecule has 0 aliphatic heterocycles. The van der Waals surface area contributed by atoms with Gasteiger partial charge in [0.05, 0.1) is 6.10 Å². The molecule has 0 amide bonds. The predicted molar refractivity (Wildman–Crippen MR) is 95.8 cm³/mol. The zero-order valence-corrected chi connectivity index (χ0v) is 14.7. The molecule has 0 heterocycles. The Bertz CT molecular complexity index is 500. The molecule has 134 valence electrons. The van der Waals surface area contributed by atoms with Crippen LogP contribution in [0.1, 0.15) is 71.1 Å². The van der Waals surface area contributed by atoms with E-state index < -0.39 is 5.97 Å². The highest BCUT2D eigenvalue weighted by Crippen LogP contribution is 2.30. The predicted octanol–water partition coefficient (Wildman–Crippen LogP) is 4.34. The van der Waals surface area contributed by atoms with Gasteiger partial charge >= 0.3 is 5.97 Å². The van der Waals surface area contributed by atoms with Gasteiger partial charge in [-0.3, -0.25) is 4.79 Å². The summed E-state index contributed by atoms with van der Waals surface area (Å²) < 4.78 is 0. The van der Waals surface area contributed by atoms with Crippen molar-refractivity contribution in [2.75, 3.05) is 0 Å².